The van der Waals surface area contributed by atoms with Gasteiger partial charge in [-0.3, -0.25) is 4.79 Å². The van der Waals surface area contributed by atoms with E-state index in [4.69, 9.17) is 5.73 Å². The molecule has 6 nitrogen and oxygen atoms in total. The summed E-state index contributed by atoms with van der Waals surface area (Å²) >= 11 is 0. The fraction of sp³-hybridized carbons (Fsp3) is 0.857. The van der Waals surface area contributed by atoms with Gasteiger partial charge in [0.05, 0.1) is 5.75 Å². The summed E-state index contributed by atoms with van der Waals surface area (Å²) in [5.41, 5.74) is 5.13. The number of nitrogens with one attached hydrogen (secondary N) is 2. The Morgan fingerprint density at radius 1 is 1.57 bits per heavy atom. The highest BCUT2D eigenvalue weighted by molar-refractivity contribution is 7.89. The molecule has 4 N–H and O–H groups in total. The van der Waals surface area contributed by atoms with Gasteiger partial charge in [0.2, 0.25) is 15.9 Å². The van der Waals surface area contributed by atoms with E-state index < -0.39 is 16.1 Å². The van der Waals surface area contributed by atoms with Gasteiger partial charge >= 0.3 is 0 Å². The average molecular weight is 221 g/mol. The lowest BCUT2D eigenvalue weighted by Crippen LogP contribution is -2.51. The van der Waals surface area contributed by atoms with Crippen LogP contribution in [0.3, 0.4) is 0 Å². The van der Waals surface area contributed by atoms with Crippen LogP contribution in [-0.2, 0) is 14.8 Å². The zero-order valence-corrected chi connectivity index (χ0v) is 8.64. The van der Waals surface area contributed by atoms with E-state index >= 15 is 0 Å². The normalized spacial score (nSPS) is 23.2. The minimum atomic E-state index is -3.40. The highest BCUT2D eigenvalue weighted by Crippen LogP contribution is 2.04. The van der Waals surface area contributed by atoms with Crippen molar-refractivity contribution < 1.29 is 13.2 Å². The van der Waals surface area contributed by atoms with E-state index in [9.17, 15) is 13.2 Å². The Bertz CT molecular complexity index is 301. The fourth-order valence-corrected chi connectivity index (χ4v) is 2.40. The van der Waals surface area contributed by atoms with Crippen molar-refractivity contribution in [1.29, 1.82) is 0 Å². The molecular formula is C7H15N3O3S. The van der Waals surface area contributed by atoms with Crippen molar-refractivity contribution >= 4 is 15.9 Å². The molecule has 1 unspecified atom stereocenters. The van der Waals surface area contributed by atoms with Gasteiger partial charge in [0.1, 0.15) is 6.04 Å². The second-order valence-electron chi connectivity index (χ2n) is 3.21. The van der Waals surface area contributed by atoms with Gasteiger partial charge in [0.15, 0.2) is 0 Å². The molecule has 1 rings (SSSR count). The first kappa shape index (κ1) is 11.4. The lowest BCUT2D eigenvalue weighted by atomic mass is 10.1. The molecule has 0 bridgehead atoms. The van der Waals surface area contributed by atoms with Crippen LogP contribution in [0.4, 0.5) is 0 Å². The molecule has 0 aromatic rings. The Balaban J connectivity index is 2.54. The molecule has 1 fully saturated rings. The summed E-state index contributed by atoms with van der Waals surface area (Å²) in [6, 6.07) is -0.625. The number of piperidine rings is 1. The summed E-state index contributed by atoms with van der Waals surface area (Å²) < 4.78 is 24.9. The number of amides is 1. The Hall–Kier alpha value is -0.660. The molecule has 1 aliphatic rings. The van der Waals surface area contributed by atoms with E-state index in [2.05, 4.69) is 10.0 Å². The molecule has 0 aromatic carbocycles. The summed E-state index contributed by atoms with van der Waals surface area (Å²) in [5, 5.41) is 2.60. The van der Waals surface area contributed by atoms with Crippen LogP contribution in [0.2, 0.25) is 0 Å². The van der Waals surface area contributed by atoms with Crippen molar-refractivity contribution in [2.75, 3.05) is 18.8 Å². The minimum Gasteiger partial charge on any atom is -0.355 e. The van der Waals surface area contributed by atoms with Crippen LogP contribution in [0.5, 0.6) is 0 Å². The third-order valence-corrected chi connectivity index (χ3v) is 3.41. The topological polar surface area (TPSA) is 101 Å². The van der Waals surface area contributed by atoms with Crippen LogP contribution in [-0.4, -0.2) is 39.2 Å². The summed E-state index contributed by atoms with van der Waals surface area (Å²) in [7, 11) is -3.40. The molecule has 1 saturated heterocycles. The smallest absolute Gasteiger partial charge is 0.238 e. The van der Waals surface area contributed by atoms with Gasteiger partial charge in [0, 0.05) is 13.1 Å². The van der Waals surface area contributed by atoms with E-state index in [1.165, 1.54) is 0 Å². The highest BCUT2D eigenvalue weighted by Gasteiger charge is 2.25. The minimum absolute atomic E-state index is 0.0592. The van der Waals surface area contributed by atoms with Gasteiger partial charge in [-0.05, 0) is 12.8 Å². The fourth-order valence-electron chi connectivity index (χ4n) is 1.32. The Morgan fingerprint density at radius 2 is 2.29 bits per heavy atom. The SMILES string of the molecule is NCCS(=O)(=O)NC1CCCNC1=O. The first-order valence-electron chi connectivity index (χ1n) is 4.53. The molecule has 82 valence electrons. The molecule has 1 heterocycles. The first-order valence-corrected chi connectivity index (χ1v) is 6.18. The number of nitrogens with two attached hydrogens (primary N) is 1. The maximum atomic E-state index is 11.3. The number of carbonyl (C=O) groups excluding carboxylic acids is 1. The van der Waals surface area contributed by atoms with Crippen LogP contribution in [0.1, 0.15) is 12.8 Å². The van der Waals surface area contributed by atoms with Crippen molar-refractivity contribution in [2.45, 2.75) is 18.9 Å². The Labute approximate surface area is 83.3 Å². The first-order chi connectivity index (χ1) is 6.55. The standard InChI is InChI=1S/C7H15N3O3S/c8-3-5-14(12,13)10-6-2-1-4-9-7(6)11/h6,10H,1-5,8H2,(H,9,11). The second kappa shape index (κ2) is 4.72. The van der Waals surface area contributed by atoms with Crippen LogP contribution in [0.15, 0.2) is 0 Å². The van der Waals surface area contributed by atoms with Crippen molar-refractivity contribution in [1.82, 2.24) is 10.0 Å². The Morgan fingerprint density at radius 3 is 2.86 bits per heavy atom. The molecule has 1 aliphatic heterocycles. The summed E-state index contributed by atoms with van der Waals surface area (Å²) in [4.78, 5) is 11.2. The molecule has 0 aromatic heterocycles. The van der Waals surface area contributed by atoms with E-state index in [0.29, 0.717) is 13.0 Å². The number of sulfonamides is 1. The van der Waals surface area contributed by atoms with Gasteiger partial charge in [-0.25, -0.2) is 13.1 Å². The largest absolute Gasteiger partial charge is 0.355 e. The molecule has 14 heavy (non-hydrogen) atoms. The van der Waals surface area contributed by atoms with Crippen molar-refractivity contribution in [3.05, 3.63) is 0 Å². The van der Waals surface area contributed by atoms with Crippen LogP contribution < -0.4 is 15.8 Å². The van der Waals surface area contributed by atoms with E-state index in [1.54, 1.807) is 0 Å². The Kier molecular flexibility index (Phi) is 3.85. The molecule has 0 saturated carbocycles. The van der Waals surface area contributed by atoms with Crippen molar-refractivity contribution in [2.24, 2.45) is 5.73 Å². The number of carbonyl (C=O) groups is 1. The quantitative estimate of drug-likeness (QED) is 0.518. The maximum absolute atomic E-state index is 11.3. The second-order valence-corrected chi connectivity index (χ2v) is 5.08. The van der Waals surface area contributed by atoms with Crippen LogP contribution in [0.25, 0.3) is 0 Å². The summed E-state index contributed by atoms with van der Waals surface area (Å²) in [6.45, 7) is 0.678. The molecule has 0 radical (unpaired) electrons. The average Bonchev–Trinajstić information content (AvgIpc) is 2.08. The predicted octanol–water partition coefficient (Wildman–Crippen LogP) is -1.86. The van der Waals surface area contributed by atoms with Gasteiger partial charge in [-0.15, -0.1) is 0 Å². The van der Waals surface area contributed by atoms with E-state index in [-0.39, 0.29) is 18.2 Å². The number of hydrogen-bond acceptors (Lipinski definition) is 4. The van der Waals surface area contributed by atoms with Gasteiger partial charge in [0.25, 0.3) is 0 Å². The van der Waals surface area contributed by atoms with Gasteiger partial charge < -0.3 is 11.1 Å². The molecule has 0 aliphatic carbocycles. The number of hydrogen-bond donors (Lipinski definition) is 3. The van der Waals surface area contributed by atoms with Crippen LogP contribution >= 0.6 is 0 Å². The van der Waals surface area contributed by atoms with Crippen LogP contribution in [0, 0.1) is 0 Å². The third kappa shape index (κ3) is 3.24. The summed E-state index contributed by atoms with van der Waals surface area (Å²) in [6.07, 6.45) is 1.34. The lowest BCUT2D eigenvalue weighted by Gasteiger charge is -2.22. The predicted molar refractivity (Wildman–Crippen MR) is 52.0 cm³/mol. The summed E-state index contributed by atoms with van der Waals surface area (Å²) in [5.74, 6) is -0.395. The zero-order valence-electron chi connectivity index (χ0n) is 7.82. The van der Waals surface area contributed by atoms with Crippen molar-refractivity contribution in [3.8, 4) is 0 Å². The van der Waals surface area contributed by atoms with E-state index in [0.717, 1.165) is 6.42 Å². The maximum Gasteiger partial charge on any atom is 0.238 e. The van der Waals surface area contributed by atoms with Crippen molar-refractivity contribution in [3.63, 3.8) is 0 Å². The zero-order chi connectivity index (χ0) is 10.6. The van der Waals surface area contributed by atoms with Gasteiger partial charge in [-0.2, -0.15) is 0 Å². The number of rotatable bonds is 4. The third-order valence-electron chi connectivity index (χ3n) is 1.99. The molecule has 7 heteroatoms. The van der Waals surface area contributed by atoms with Gasteiger partial charge in [-0.1, -0.05) is 0 Å². The molecule has 1 amide bonds. The monoisotopic (exact) mass is 221 g/mol. The van der Waals surface area contributed by atoms with E-state index in [1.807, 2.05) is 0 Å². The molecule has 0 spiro atoms. The molecule has 1 atom stereocenters. The highest BCUT2D eigenvalue weighted by atomic mass is 32.2. The molecular weight excluding hydrogens is 206 g/mol. The lowest BCUT2D eigenvalue weighted by molar-refractivity contribution is -0.124.